The van der Waals surface area contributed by atoms with E-state index in [-0.39, 0.29) is 26.0 Å². The van der Waals surface area contributed by atoms with Gasteiger partial charge in [-0.25, -0.2) is 0 Å². The van der Waals surface area contributed by atoms with E-state index in [1.54, 1.807) is 18.2 Å². The zero-order chi connectivity index (χ0) is 24.5. The third-order valence-corrected chi connectivity index (χ3v) is 5.10. The second kappa shape index (κ2) is 11.5. The number of carboxylic acids is 1. The number of benzene rings is 2. The number of nitrogens with one attached hydrogen (secondary N) is 2. The molecule has 1 aliphatic rings. The first-order valence-corrected chi connectivity index (χ1v) is 10.7. The number of hydrogen-bond donors (Lipinski definition) is 3. The number of anilines is 1. The van der Waals surface area contributed by atoms with Gasteiger partial charge in [-0.05, 0) is 30.2 Å². The Labute approximate surface area is 197 Å². The average Bonchev–Trinajstić information content (AvgIpc) is 2.94. The second-order valence-corrected chi connectivity index (χ2v) is 7.60. The van der Waals surface area contributed by atoms with Gasteiger partial charge in [0.1, 0.15) is 18.4 Å². The Morgan fingerprint density at radius 3 is 2.65 bits per heavy atom. The summed E-state index contributed by atoms with van der Waals surface area (Å²) in [6.07, 6.45) is 0.727. The Kier molecular flexibility index (Phi) is 8.24. The molecule has 9 heteroatoms. The fourth-order valence-electron chi connectivity index (χ4n) is 3.28. The van der Waals surface area contributed by atoms with E-state index in [2.05, 4.69) is 22.5 Å². The van der Waals surface area contributed by atoms with Crippen LogP contribution in [0.15, 0.2) is 48.5 Å². The number of ether oxygens (including phenoxy) is 1. The van der Waals surface area contributed by atoms with E-state index in [0.29, 0.717) is 23.4 Å². The van der Waals surface area contributed by atoms with Crippen LogP contribution in [0, 0.1) is 11.8 Å². The third-order valence-electron chi connectivity index (χ3n) is 5.10. The number of likely N-dealkylation sites (N-methyl/N-ethyl adjacent to an activating group) is 1. The van der Waals surface area contributed by atoms with Gasteiger partial charge in [-0.15, -0.1) is 0 Å². The zero-order valence-corrected chi connectivity index (χ0v) is 18.7. The Balaban J connectivity index is 1.58. The molecule has 0 unspecified atom stereocenters. The highest BCUT2D eigenvalue weighted by atomic mass is 16.5. The molecule has 0 saturated heterocycles. The smallest absolute Gasteiger partial charge is 0.310 e. The molecule has 0 aromatic heterocycles. The van der Waals surface area contributed by atoms with Crippen LogP contribution in [-0.2, 0) is 25.6 Å². The fraction of sp³-hybridized carbons (Fsp3) is 0.280. The molecule has 2 aromatic carbocycles. The van der Waals surface area contributed by atoms with Crippen LogP contribution >= 0.6 is 0 Å². The molecule has 176 valence electrons. The number of hydrogen-bond acceptors (Lipinski definition) is 5. The molecular formula is C25H25N3O6. The van der Waals surface area contributed by atoms with E-state index >= 15 is 0 Å². The zero-order valence-electron chi connectivity index (χ0n) is 18.7. The summed E-state index contributed by atoms with van der Waals surface area (Å²) in [7, 11) is 1.54. The Morgan fingerprint density at radius 2 is 1.91 bits per heavy atom. The minimum absolute atomic E-state index is 0.0549. The molecule has 1 aliphatic heterocycles. The molecule has 3 amide bonds. The number of amides is 3. The van der Waals surface area contributed by atoms with E-state index in [1.165, 1.54) is 11.9 Å². The van der Waals surface area contributed by atoms with E-state index in [4.69, 9.17) is 9.84 Å². The first-order chi connectivity index (χ1) is 16.3. The summed E-state index contributed by atoms with van der Waals surface area (Å²) in [5, 5.41) is 13.7. The lowest BCUT2D eigenvalue weighted by molar-refractivity contribution is -0.140. The first kappa shape index (κ1) is 24.3. The van der Waals surface area contributed by atoms with Crippen LogP contribution in [0.25, 0.3) is 0 Å². The summed E-state index contributed by atoms with van der Waals surface area (Å²) in [6, 6.07) is 13.5. The maximum absolute atomic E-state index is 12.9. The summed E-state index contributed by atoms with van der Waals surface area (Å²) in [5.74, 6) is 2.96. The molecular weight excluding hydrogens is 438 g/mol. The van der Waals surface area contributed by atoms with E-state index in [1.807, 2.05) is 30.3 Å². The van der Waals surface area contributed by atoms with E-state index in [0.717, 1.165) is 5.56 Å². The molecule has 3 rings (SSSR count). The third kappa shape index (κ3) is 6.59. The molecule has 0 aliphatic carbocycles. The van der Waals surface area contributed by atoms with Gasteiger partial charge in [0.05, 0.1) is 12.1 Å². The fourth-order valence-corrected chi connectivity index (χ4v) is 3.28. The predicted octanol–water partition coefficient (Wildman–Crippen LogP) is 1.10. The molecule has 9 nitrogen and oxygen atoms in total. The van der Waals surface area contributed by atoms with Crippen molar-refractivity contribution in [3.05, 3.63) is 59.7 Å². The minimum atomic E-state index is -1.05. The molecule has 0 saturated carbocycles. The normalized spacial score (nSPS) is 14.6. The Bertz CT molecular complexity index is 1140. The van der Waals surface area contributed by atoms with Gasteiger partial charge < -0.3 is 25.4 Å². The maximum Gasteiger partial charge on any atom is 0.310 e. The SMILES string of the molecule is CN1C(=O)[C@@H](NC(=O)C(=O)NCCc2ccccc2)COc2ccc(C#CCCC(=O)O)cc21. The van der Waals surface area contributed by atoms with Gasteiger partial charge in [-0.2, -0.15) is 0 Å². The van der Waals surface area contributed by atoms with Crippen LogP contribution in [0.1, 0.15) is 24.0 Å². The molecule has 34 heavy (non-hydrogen) atoms. The maximum atomic E-state index is 12.9. The quantitative estimate of drug-likeness (QED) is 0.435. The second-order valence-electron chi connectivity index (χ2n) is 7.60. The van der Waals surface area contributed by atoms with E-state index < -0.39 is 29.7 Å². The molecule has 1 heterocycles. The predicted molar refractivity (Wildman–Crippen MR) is 124 cm³/mol. The van der Waals surface area contributed by atoms with Crippen molar-refractivity contribution in [2.24, 2.45) is 0 Å². The van der Waals surface area contributed by atoms with Gasteiger partial charge in [-0.1, -0.05) is 42.2 Å². The number of aliphatic carboxylic acids is 1. The summed E-state index contributed by atoms with van der Waals surface area (Å²) in [5.41, 5.74) is 2.08. The highest BCUT2D eigenvalue weighted by Gasteiger charge is 2.32. The molecule has 0 bridgehead atoms. The topological polar surface area (TPSA) is 125 Å². The molecule has 0 spiro atoms. The van der Waals surface area contributed by atoms with Gasteiger partial charge in [0.2, 0.25) is 0 Å². The summed E-state index contributed by atoms with van der Waals surface area (Å²) < 4.78 is 5.70. The van der Waals surface area contributed by atoms with Crippen molar-refractivity contribution in [3.8, 4) is 17.6 Å². The number of fused-ring (bicyclic) bond motifs is 1. The van der Waals surface area contributed by atoms with Gasteiger partial charge in [0, 0.05) is 25.6 Å². The van der Waals surface area contributed by atoms with Gasteiger partial charge in [0.25, 0.3) is 5.91 Å². The van der Waals surface area contributed by atoms with Crippen LogP contribution < -0.4 is 20.3 Å². The summed E-state index contributed by atoms with van der Waals surface area (Å²) in [4.78, 5) is 49.3. The van der Waals surface area contributed by atoms with Crippen LogP contribution in [-0.4, -0.2) is 55.0 Å². The molecule has 1 atom stereocenters. The van der Waals surface area contributed by atoms with E-state index in [9.17, 15) is 19.2 Å². The molecule has 3 N–H and O–H groups in total. The highest BCUT2D eigenvalue weighted by Crippen LogP contribution is 2.31. The molecule has 0 radical (unpaired) electrons. The largest absolute Gasteiger partial charge is 0.489 e. The standard InChI is InChI=1S/C25H25N3O6/c1-28-20-15-18(9-5-6-10-22(29)30)11-12-21(20)34-16-19(25(28)33)27-24(32)23(31)26-14-13-17-7-3-2-4-8-17/h2-4,7-8,11-12,15,19H,6,10,13-14,16H2,1H3,(H,26,31)(H,27,32)(H,29,30)/t19-/m0/s1. The minimum Gasteiger partial charge on any atom is -0.489 e. The Hall–Kier alpha value is -4.32. The summed E-state index contributed by atoms with van der Waals surface area (Å²) >= 11 is 0. The van der Waals surface area contributed by atoms with Crippen LogP contribution in [0.5, 0.6) is 5.75 Å². The van der Waals surface area contributed by atoms with Gasteiger partial charge >= 0.3 is 17.8 Å². The van der Waals surface area contributed by atoms with Crippen LogP contribution in [0.4, 0.5) is 5.69 Å². The Morgan fingerprint density at radius 1 is 1.15 bits per heavy atom. The number of rotatable bonds is 6. The average molecular weight is 463 g/mol. The number of nitrogens with zero attached hydrogens (tertiary/aromatic N) is 1. The monoisotopic (exact) mass is 463 g/mol. The first-order valence-electron chi connectivity index (χ1n) is 10.7. The number of carboxylic acid groups (broad SMARTS) is 1. The van der Waals surface area contributed by atoms with Crippen molar-refractivity contribution in [1.82, 2.24) is 10.6 Å². The van der Waals surface area contributed by atoms with Crippen molar-refractivity contribution < 1.29 is 29.0 Å². The lowest BCUT2D eigenvalue weighted by Crippen LogP contribution is -2.53. The van der Waals surface area contributed by atoms with Crippen molar-refractivity contribution in [2.75, 3.05) is 25.1 Å². The number of carbonyl (C=O) groups excluding carboxylic acids is 3. The van der Waals surface area contributed by atoms with Crippen molar-refractivity contribution >= 4 is 29.4 Å². The van der Waals surface area contributed by atoms with Crippen molar-refractivity contribution in [2.45, 2.75) is 25.3 Å². The lowest BCUT2D eigenvalue weighted by Gasteiger charge is -2.20. The van der Waals surface area contributed by atoms with Crippen molar-refractivity contribution in [1.29, 1.82) is 0 Å². The van der Waals surface area contributed by atoms with Crippen molar-refractivity contribution in [3.63, 3.8) is 0 Å². The molecule has 2 aromatic rings. The van der Waals surface area contributed by atoms with Gasteiger partial charge in [-0.3, -0.25) is 19.2 Å². The van der Waals surface area contributed by atoms with Gasteiger partial charge in [0.15, 0.2) is 0 Å². The molecule has 0 fully saturated rings. The number of carbonyl (C=O) groups is 4. The van der Waals surface area contributed by atoms with Crippen LogP contribution in [0.2, 0.25) is 0 Å². The lowest BCUT2D eigenvalue weighted by atomic mass is 10.1. The summed E-state index contributed by atoms with van der Waals surface area (Å²) in [6.45, 7) is 0.149. The highest BCUT2D eigenvalue weighted by molar-refractivity contribution is 6.35. The van der Waals surface area contributed by atoms with Crippen LogP contribution in [0.3, 0.4) is 0 Å².